The maximum atomic E-state index is 10.4. The summed E-state index contributed by atoms with van der Waals surface area (Å²) in [5.74, 6) is -1.17. The number of carboxylic acid groups (broad SMARTS) is 1. The van der Waals surface area contributed by atoms with E-state index in [0.717, 1.165) is 25.3 Å². The molecule has 19 heavy (non-hydrogen) atoms. The molecule has 104 valence electrons. The second-order valence-electron chi connectivity index (χ2n) is 4.45. The van der Waals surface area contributed by atoms with Gasteiger partial charge in [0.2, 0.25) is 0 Å². The van der Waals surface area contributed by atoms with Crippen LogP contribution in [0.1, 0.15) is 29.6 Å². The van der Waals surface area contributed by atoms with Crippen molar-refractivity contribution in [1.82, 2.24) is 0 Å². The highest BCUT2D eigenvalue weighted by molar-refractivity contribution is 5.88. The molecule has 0 heterocycles. The van der Waals surface area contributed by atoms with E-state index in [1.165, 1.54) is 18.2 Å². The molecule has 2 rings (SSSR count). The average molecular weight is 267 g/mol. The lowest BCUT2D eigenvalue weighted by molar-refractivity contribution is -0.384. The molecule has 0 aromatic heterocycles. The monoisotopic (exact) mass is 267 g/mol. The fourth-order valence-electron chi connectivity index (χ4n) is 1.81. The highest BCUT2D eigenvalue weighted by atomic mass is 16.6. The lowest BCUT2D eigenvalue weighted by Crippen LogP contribution is -2.20. The third-order valence-corrected chi connectivity index (χ3v) is 2.82. The molecular formula is C12H17N3O4. The molecule has 1 saturated carbocycles. The summed E-state index contributed by atoms with van der Waals surface area (Å²) in [6.45, 7) is 0. The zero-order chi connectivity index (χ0) is 14.4. The molecule has 0 radical (unpaired) electrons. The average Bonchev–Trinajstić information content (AvgIpc) is 2.74. The summed E-state index contributed by atoms with van der Waals surface area (Å²) >= 11 is 0. The Morgan fingerprint density at radius 1 is 1.32 bits per heavy atom. The molecule has 1 fully saturated rings. The summed E-state index contributed by atoms with van der Waals surface area (Å²) in [6, 6.07) is 5.69. The molecular weight excluding hydrogens is 250 g/mol. The van der Waals surface area contributed by atoms with E-state index in [-0.39, 0.29) is 11.3 Å². The molecule has 2 atom stereocenters. The van der Waals surface area contributed by atoms with Crippen LogP contribution in [0, 0.1) is 10.1 Å². The molecule has 1 aromatic rings. The second kappa shape index (κ2) is 6.81. The van der Waals surface area contributed by atoms with Crippen LogP contribution in [0.4, 0.5) is 5.69 Å². The smallest absolute Gasteiger partial charge is 0.335 e. The van der Waals surface area contributed by atoms with Gasteiger partial charge in [-0.25, -0.2) is 4.79 Å². The summed E-state index contributed by atoms with van der Waals surface area (Å²) in [5, 5.41) is 18.7. The Morgan fingerprint density at radius 2 is 1.89 bits per heavy atom. The molecule has 0 aliphatic heterocycles. The van der Waals surface area contributed by atoms with E-state index in [1.807, 2.05) is 0 Å². The molecule has 0 amide bonds. The molecule has 1 aliphatic rings. The first-order chi connectivity index (χ1) is 8.90. The Bertz CT molecular complexity index is 427. The summed E-state index contributed by atoms with van der Waals surface area (Å²) in [4.78, 5) is 19.9. The standard InChI is InChI=1S/C7H5NO4.C5H12N2/c9-7(10)5-2-1-3-6(4-5)8(11)12;6-4-1-2-5(7)3-4/h1-4H,(H,9,10);4-5H,1-3,6-7H2/t;4-,5+. The first-order valence-electron chi connectivity index (χ1n) is 5.89. The quantitative estimate of drug-likeness (QED) is 0.543. The van der Waals surface area contributed by atoms with Gasteiger partial charge in [0.05, 0.1) is 10.5 Å². The number of hydrogen-bond donors (Lipinski definition) is 3. The van der Waals surface area contributed by atoms with Crippen LogP contribution in [-0.2, 0) is 0 Å². The van der Waals surface area contributed by atoms with Gasteiger partial charge >= 0.3 is 5.97 Å². The predicted octanol–water partition coefficient (Wildman–Crippen LogP) is 1.12. The van der Waals surface area contributed by atoms with Crippen molar-refractivity contribution in [3.05, 3.63) is 39.9 Å². The molecule has 1 aromatic carbocycles. The number of hydrogen-bond acceptors (Lipinski definition) is 5. The fraction of sp³-hybridized carbons (Fsp3) is 0.417. The van der Waals surface area contributed by atoms with E-state index < -0.39 is 10.9 Å². The molecule has 0 spiro atoms. The topological polar surface area (TPSA) is 132 Å². The van der Waals surface area contributed by atoms with E-state index in [4.69, 9.17) is 16.6 Å². The molecule has 1 aliphatic carbocycles. The molecule has 0 unspecified atom stereocenters. The van der Waals surface area contributed by atoms with Crippen molar-refractivity contribution in [2.45, 2.75) is 31.3 Å². The number of benzene rings is 1. The Labute approximate surface area is 110 Å². The predicted molar refractivity (Wildman–Crippen MR) is 69.9 cm³/mol. The zero-order valence-corrected chi connectivity index (χ0v) is 10.4. The van der Waals surface area contributed by atoms with Crippen molar-refractivity contribution in [2.24, 2.45) is 11.5 Å². The minimum Gasteiger partial charge on any atom is -0.478 e. The van der Waals surface area contributed by atoms with E-state index >= 15 is 0 Å². The van der Waals surface area contributed by atoms with Gasteiger partial charge in [0, 0.05) is 24.2 Å². The van der Waals surface area contributed by atoms with Crippen LogP contribution < -0.4 is 11.5 Å². The van der Waals surface area contributed by atoms with Gasteiger partial charge in [-0.05, 0) is 25.3 Å². The van der Waals surface area contributed by atoms with Crippen molar-refractivity contribution >= 4 is 11.7 Å². The summed E-state index contributed by atoms with van der Waals surface area (Å²) in [6.07, 6.45) is 3.28. The van der Waals surface area contributed by atoms with Gasteiger partial charge in [0.25, 0.3) is 5.69 Å². The number of nitro benzene ring substituents is 1. The number of carbonyl (C=O) groups is 1. The number of aromatic carboxylic acids is 1. The normalized spacial score (nSPS) is 21.4. The van der Waals surface area contributed by atoms with Gasteiger partial charge in [-0.15, -0.1) is 0 Å². The maximum absolute atomic E-state index is 10.4. The third kappa shape index (κ3) is 5.02. The highest BCUT2D eigenvalue weighted by Gasteiger charge is 2.16. The Balaban J connectivity index is 0.000000218. The van der Waals surface area contributed by atoms with Gasteiger partial charge in [0.1, 0.15) is 0 Å². The van der Waals surface area contributed by atoms with Crippen LogP contribution in [0.2, 0.25) is 0 Å². The molecule has 0 bridgehead atoms. The number of non-ortho nitro benzene ring substituents is 1. The molecule has 5 N–H and O–H groups in total. The van der Waals surface area contributed by atoms with Crippen molar-refractivity contribution in [3.63, 3.8) is 0 Å². The van der Waals surface area contributed by atoms with Crippen molar-refractivity contribution in [2.75, 3.05) is 0 Å². The van der Waals surface area contributed by atoms with Crippen LogP contribution in [0.25, 0.3) is 0 Å². The number of nitrogens with two attached hydrogens (primary N) is 2. The summed E-state index contributed by atoms with van der Waals surface area (Å²) < 4.78 is 0. The SMILES string of the molecule is N[C@@H]1CC[C@H](N)C1.O=C(O)c1cccc([N+](=O)[O-])c1. The lowest BCUT2D eigenvalue weighted by Gasteiger charge is -1.97. The minimum absolute atomic E-state index is 0.0794. The number of nitrogens with zero attached hydrogens (tertiary/aromatic N) is 1. The van der Waals surface area contributed by atoms with Crippen LogP contribution >= 0.6 is 0 Å². The number of carboxylic acids is 1. The maximum Gasteiger partial charge on any atom is 0.335 e. The van der Waals surface area contributed by atoms with Gasteiger partial charge in [-0.1, -0.05) is 6.07 Å². The molecule has 7 nitrogen and oxygen atoms in total. The first-order valence-corrected chi connectivity index (χ1v) is 5.89. The Kier molecular flexibility index (Phi) is 5.40. The van der Waals surface area contributed by atoms with Crippen LogP contribution in [0.3, 0.4) is 0 Å². The van der Waals surface area contributed by atoms with Gasteiger partial charge in [0.15, 0.2) is 0 Å². The zero-order valence-electron chi connectivity index (χ0n) is 10.4. The van der Waals surface area contributed by atoms with Crippen LogP contribution in [0.15, 0.2) is 24.3 Å². The lowest BCUT2D eigenvalue weighted by atomic mass is 10.2. The van der Waals surface area contributed by atoms with Gasteiger partial charge < -0.3 is 16.6 Å². The van der Waals surface area contributed by atoms with Crippen molar-refractivity contribution in [3.8, 4) is 0 Å². The number of nitro groups is 1. The fourth-order valence-corrected chi connectivity index (χ4v) is 1.81. The van der Waals surface area contributed by atoms with Gasteiger partial charge in [-0.2, -0.15) is 0 Å². The molecule has 7 heteroatoms. The van der Waals surface area contributed by atoms with Crippen molar-refractivity contribution in [1.29, 1.82) is 0 Å². The Morgan fingerprint density at radius 3 is 2.26 bits per heavy atom. The van der Waals surface area contributed by atoms with Crippen molar-refractivity contribution < 1.29 is 14.8 Å². The second-order valence-corrected chi connectivity index (χ2v) is 4.45. The van der Waals surface area contributed by atoms with Crippen LogP contribution in [0.5, 0.6) is 0 Å². The summed E-state index contributed by atoms with van der Waals surface area (Å²) in [5.41, 5.74) is 10.8. The van der Waals surface area contributed by atoms with E-state index in [1.54, 1.807) is 0 Å². The Hall–Kier alpha value is -1.99. The van der Waals surface area contributed by atoms with Gasteiger partial charge in [-0.3, -0.25) is 10.1 Å². The molecule has 0 saturated heterocycles. The summed E-state index contributed by atoms with van der Waals surface area (Å²) in [7, 11) is 0. The minimum atomic E-state index is -1.17. The van der Waals surface area contributed by atoms with E-state index in [0.29, 0.717) is 12.1 Å². The largest absolute Gasteiger partial charge is 0.478 e. The first kappa shape index (κ1) is 15.1. The number of rotatable bonds is 2. The highest BCUT2D eigenvalue weighted by Crippen LogP contribution is 2.14. The van der Waals surface area contributed by atoms with E-state index in [2.05, 4.69) is 0 Å². The van der Waals surface area contributed by atoms with E-state index in [9.17, 15) is 14.9 Å². The third-order valence-electron chi connectivity index (χ3n) is 2.82. The van der Waals surface area contributed by atoms with Crippen LogP contribution in [-0.4, -0.2) is 28.1 Å².